The molecular weight excluding hydrogens is 276 g/mol. The van der Waals surface area contributed by atoms with Crippen LogP contribution in [-0.4, -0.2) is 30.0 Å². The normalized spacial score (nSPS) is 13.5. The molecule has 2 N–H and O–H groups in total. The highest BCUT2D eigenvalue weighted by atomic mass is 16.1. The molecule has 0 fully saturated rings. The number of rotatable bonds is 3. The van der Waals surface area contributed by atoms with Gasteiger partial charge in [-0.3, -0.25) is 4.79 Å². The second-order valence-corrected chi connectivity index (χ2v) is 5.84. The molecule has 1 aromatic heterocycles. The highest BCUT2D eigenvalue weighted by Crippen LogP contribution is 2.30. The summed E-state index contributed by atoms with van der Waals surface area (Å²) in [5.74, 6) is 0.319. The largest absolute Gasteiger partial charge is 0.366 e. The van der Waals surface area contributed by atoms with E-state index in [1.54, 1.807) is 12.1 Å². The molecule has 22 heavy (non-hydrogen) atoms. The van der Waals surface area contributed by atoms with Crippen LogP contribution in [0.4, 0.5) is 5.95 Å². The molecule has 1 heterocycles. The number of aryl methyl sites for hydroxylation is 1. The van der Waals surface area contributed by atoms with Crippen molar-refractivity contribution in [1.82, 2.24) is 9.97 Å². The summed E-state index contributed by atoms with van der Waals surface area (Å²) < 4.78 is 0. The van der Waals surface area contributed by atoms with Crippen LogP contribution in [-0.2, 0) is 12.8 Å². The van der Waals surface area contributed by atoms with Gasteiger partial charge < -0.3 is 10.6 Å². The van der Waals surface area contributed by atoms with Gasteiger partial charge in [-0.1, -0.05) is 12.1 Å². The minimum Gasteiger partial charge on any atom is -0.366 e. The van der Waals surface area contributed by atoms with Crippen LogP contribution in [0.3, 0.4) is 0 Å². The summed E-state index contributed by atoms with van der Waals surface area (Å²) in [5.41, 5.74) is 10.2. The molecule has 5 nitrogen and oxygen atoms in total. The highest BCUT2D eigenvalue weighted by molar-refractivity contribution is 5.93. The van der Waals surface area contributed by atoms with Crippen molar-refractivity contribution in [3.8, 4) is 11.3 Å². The van der Waals surface area contributed by atoms with Gasteiger partial charge in [0.15, 0.2) is 0 Å². The van der Waals surface area contributed by atoms with Gasteiger partial charge in [-0.05, 0) is 37.8 Å². The molecule has 2 aromatic rings. The second-order valence-electron chi connectivity index (χ2n) is 5.84. The fourth-order valence-corrected chi connectivity index (χ4v) is 2.81. The third kappa shape index (κ3) is 2.66. The van der Waals surface area contributed by atoms with E-state index in [0.29, 0.717) is 5.56 Å². The van der Waals surface area contributed by atoms with E-state index >= 15 is 0 Å². The Labute approximate surface area is 130 Å². The Hall–Kier alpha value is -2.43. The van der Waals surface area contributed by atoms with Gasteiger partial charge in [-0.15, -0.1) is 0 Å². The number of nitrogens with zero attached hydrogens (tertiary/aromatic N) is 3. The van der Waals surface area contributed by atoms with Gasteiger partial charge in [0.2, 0.25) is 11.9 Å². The number of primary amides is 1. The maximum atomic E-state index is 11.2. The van der Waals surface area contributed by atoms with Crippen molar-refractivity contribution < 1.29 is 4.79 Å². The van der Waals surface area contributed by atoms with Gasteiger partial charge in [-0.2, -0.15) is 0 Å². The molecule has 0 radical (unpaired) electrons. The van der Waals surface area contributed by atoms with Crippen LogP contribution >= 0.6 is 0 Å². The first kappa shape index (κ1) is 14.5. The Morgan fingerprint density at radius 3 is 2.41 bits per heavy atom. The zero-order valence-corrected chi connectivity index (χ0v) is 13.0. The predicted octanol–water partition coefficient (Wildman–Crippen LogP) is 2.19. The third-order valence-electron chi connectivity index (χ3n) is 4.01. The number of nitrogens with two attached hydrogens (primary N) is 1. The van der Waals surface area contributed by atoms with Crippen molar-refractivity contribution in [2.24, 2.45) is 5.73 Å². The topological polar surface area (TPSA) is 72.1 Å². The quantitative estimate of drug-likeness (QED) is 0.942. The molecule has 1 aromatic carbocycles. The van der Waals surface area contributed by atoms with E-state index < -0.39 is 5.91 Å². The number of benzene rings is 1. The van der Waals surface area contributed by atoms with Crippen molar-refractivity contribution in [2.75, 3.05) is 19.0 Å². The van der Waals surface area contributed by atoms with E-state index in [0.717, 1.165) is 35.7 Å². The number of carbonyl (C=O) groups is 1. The van der Waals surface area contributed by atoms with Crippen molar-refractivity contribution >= 4 is 11.9 Å². The van der Waals surface area contributed by atoms with Gasteiger partial charge in [0.1, 0.15) is 0 Å². The third-order valence-corrected chi connectivity index (χ3v) is 4.01. The molecule has 3 rings (SSSR count). The minimum absolute atomic E-state index is 0.412. The van der Waals surface area contributed by atoms with Crippen LogP contribution in [0.5, 0.6) is 0 Å². The predicted molar refractivity (Wildman–Crippen MR) is 87.0 cm³/mol. The molecule has 0 spiro atoms. The highest BCUT2D eigenvalue weighted by Gasteiger charge is 2.19. The van der Waals surface area contributed by atoms with Gasteiger partial charge in [-0.25, -0.2) is 9.97 Å². The number of aromatic nitrogens is 2. The van der Waals surface area contributed by atoms with E-state index in [4.69, 9.17) is 10.7 Å². The maximum absolute atomic E-state index is 11.2. The fourth-order valence-electron chi connectivity index (χ4n) is 2.81. The summed E-state index contributed by atoms with van der Waals surface area (Å²) in [4.78, 5) is 22.6. The summed E-state index contributed by atoms with van der Waals surface area (Å²) in [7, 11) is 3.90. The van der Waals surface area contributed by atoms with Crippen LogP contribution in [0.2, 0.25) is 0 Å². The van der Waals surface area contributed by atoms with Crippen molar-refractivity contribution in [3.05, 3.63) is 41.1 Å². The Bertz CT molecular complexity index is 707. The number of hydrogen-bond donors (Lipinski definition) is 1. The average molecular weight is 296 g/mol. The van der Waals surface area contributed by atoms with Gasteiger partial charge >= 0.3 is 0 Å². The number of carbonyl (C=O) groups excluding carboxylic acids is 1. The Balaban J connectivity index is 2.11. The Morgan fingerprint density at radius 2 is 1.77 bits per heavy atom. The van der Waals surface area contributed by atoms with Gasteiger partial charge in [0.05, 0.1) is 5.69 Å². The number of hydrogen-bond acceptors (Lipinski definition) is 4. The van der Waals surface area contributed by atoms with Crippen LogP contribution in [0.1, 0.15) is 34.5 Å². The molecule has 0 atom stereocenters. The van der Waals surface area contributed by atoms with Crippen molar-refractivity contribution in [3.63, 3.8) is 0 Å². The van der Waals surface area contributed by atoms with Crippen LogP contribution in [0, 0.1) is 0 Å². The number of amides is 1. The zero-order chi connectivity index (χ0) is 15.7. The molecule has 5 heteroatoms. The van der Waals surface area contributed by atoms with Crippen LogP contribution < -0.4 is 10.6 Å². The maximum Gasteiger partial charge on any atom is 0.248 e. The van der Waals surface area contributed by atoms with E-state index in [1.165, 1.54) is 18.4 Å². The number of fused-ring (bicyclic) bond motifs is 1. The van der Waals surface area contributed by atoms with Crippen LogP contribution in [0.15, 0.2) is 24.3 Å². The first-order valence-corrected chi connectivity index (χ1v) is 7.53. The summed E-state index contributed by atoms with van der Waals surface area (Å²) in [6.45, 7) is 0. The monoisotopic (exact) mass is 296 g/mol. The molecule has 0 bridgehead atoms. The van der Waals surface area contributed by atoms with Crippen molar-refractivity contribution in [2.45, 2.75) is 25.7 Å². The molecule has 0 aliphatic heterocycles. The number of anilines is 1. The van der Waals surface area contributed by atoms with Crippen molar-refractivity contribution in [1.29, 1.82) is 0 Å². The molecule has 1 aliphatic carbocycles. The smallest absolute Gasteiger partial charge is 0.248 e. The fraction of sp³-hybridized carbons (Fsp3) is 0.353. The first-order valence-electron chi connectivity index (χ1n) is 7.53. The lowest BCUT2D eigenvalue weighted by atomic mass is 9.92. The molecule has 114 valence electrons. The standard InChI is InChI=1S/C17H20N4O/c1-21(2)17-19-14-6-4-3-5-13(14)15(20-17)11-7-9-12(10-8-11)16(18)22/h7-10H,3-6H2,1-2H3,(H2,18,22). The Morgan fingerprint density at radius 1 is 1.09 bits per heavy atom. The first-order chi connectivity index (χ1) is 10.6. The molecular formula is C17H20N4O. The lowest BCUT2D eigenvalue weighted by Crippen LogP contribution is -2.17. The summed E-state index contributed by atoms with van der Waals surface area (Å²) in [5, 5.41) is 0. The summed E-state index contributed by atoms with van der Waals surface area (Å²) in [6.07, 6.45) is 4.36. The summed E-state index contributed by atoms with van der Waals surface area (Å²) in [6, 6.07) is 7.34. The lowest BCUT2D eigenvalue weighted by molar-refractivity contribution is 0.100. The molecule has 1 amide bonds. The molecule has 0 saturated carbocycles. The molecule has 0 unspecified atom stereocenters. The van der Waals surface area contributed by atoms with E-state index in [1.807, 2.05) is 31.1 Å². The SMILES string of the molecule is CN(C)c1nc2c(c(-c3ccc(C(N)=O)cc3)n1)CCCC2. The van der Waals surface area contributed by atoms with E-state index in [-0.39, 0.29) is 0 Å². The minimum atomic E-state index is -0.412. The van der Waals surface area contributed by atoms with Gasteiger partial charge in [0.25, 0.3) is 0 Å². The van der Waals surface area contributed by atoms with Crippen LogP contribution in [0.25, 0.3) is 11.3 Å². The second kappa shape index (κ2) is 5.75. The summed E-state index contributed by atoms with van der Waals surface area (Å²) >= 11 is 0. The zero-order valence-electron chi connectivity index (χ0n) is 13.0. The lowest BCUT2D eigenvalue weighted by Gasteiger charge is -2.21. The average Bonchev–Trinajstić information content (AvgIpc) is 2.53. The van der Waals surface area contributed by atoms with Gasteiger partial charge in [0, 0.05) is 36.5 Å². The van der Waals surface area contributed by atoms with E-state index in [9.17, 15) is 4.79 Å². The molecule has 0 saturated heterocycles. The van der Waals surface area contributed by atoms with E-state index in [2.05, 4.69) is 4.98 Å². The molecule has 1 aliphatic rings. The Kier molecular flexibility index (Phi) is 3.79.